The van der Waals surface area contributed by atoms with Gasteiger partial charge < -0.3 is 0 Å². The zero-order valence-corrected chi connectivity index (χ0v) is 15.9. The van der Waals surface area contributed by atoms with Crippen LogP contribution in [0.25, 0.3) is 0 Å². The molecule has 0 spiro atoms. The van der Waals surface area contributed by atoms with Crippen LogP contribution in [0, 0.1) is 5.92 Å². The smallest absolute Gasteiger partial charge is 0.250 e. The third kappa shape index (κ3) is 4.56. The maximum absolute atomic E-state index is 12.6. The van der Waals surface area contributed by atoms with Crippen LogP contribution in [0.15, 0.2) is 28.6 Å². The number of aryl methyl sites for hydroxylation is 1. The zero-order valence-electron chi connectivity index (χ0n) is 13.5. The average molecular weight is 376 g/mol. The Hall–Kier alpha value is -0.890. The van der Waals surface area contributed by atoms with Crippen LogP contribution in [0.3, 0.4) is 0 Å². The lowest BCUT2D eigenvalue weighted by Crippen LogP contribution is -2.33. The summed E-state index contributed by atoms with van der Waals surface area (Å²) in [5, 5.41) is 4.33. The lowest BCUT2D eigenvalue weighted by Gasteiger charge is -2.23. The van der Waals surface area contributed by atoms with Crippen molar-refractivity contribution in [2.75, 3.05) is 0 Å². The number of hydrogen-bond donors (Lipinski definition) is 1. The van der Waals surface area contributed by atoms with E-state index in [2.05, 4.69) is 16.7 Å². The Morgan fingerprint density at radius 2 is 2.09 bits per heavy atom. The summed E-state index contributed by atoms with van der Waals surface area (Å²) in [6.45, 7) is 6.89. The molecule has 1 atom stereocenters. The number of sulfonamides is 1. The highest BCUT2D eigenvalue weighted by Gasteiger charge is 2.27. The molecule has 0 fully saturated rings. The van der Waals surface area contributed by atoms with Crippen LogP contribution in [-0.4, -0.2) is 18.2 Å². The predicted octanol–water partition coefficient (Wildman–Crippen LogP) is 4.07. The number of unbranched alkanes of at least 4 members (excludes halogenated alkanes) is 1. The molecule has 0 radical (unpaired) electrons. The highest BCUT2D eigenvalue weighted by molar-refractivity contribution is 7.91. The van der Waals surface area contributed by atoms with E-state index in [0.29, 0.717) is 4.34 Å². The van der Waals surface area contributed by atoms with Crippen LogP contribution in [-0.2, 0) is 16.6 Å². The topological polar surface area (TPSA) is 64.0 Å². The molecule has 2 aromatic rings. The molecule has 0 aliphatic carbocycles. The van der Waals surface area contributed by atoms with E-state index in [1.54, 1.807) is 12.3 Å². The summed E-state index contributed by atoms with van der Waals surface area (Å²) in [4.78, 5) is 0. The first-order chi connectivity index (χ1) is 10.8. The van der Waals surface area contributed by atoms with E-state index in [-0.39, 0.29) is 16.2 Å². The summed E-state index contributed by atoms with van der Waals surface area (Å²) in [7, 11) is -3.60. The molecular formula is C15H22ClN3O2S2. The van der Waals surface area contributed by atoms with Crippen molar-refractivity contribution in [3.63, 3.8) is 0 Å². The van der Waals surface area contributed by atoms with Crippen molar-refractivity contribution in [2.24, 2.45) is 5.92 Å². The van der Waals surface area contributed by atoms with Crippen LogP contribution in [0.2, 0.25) is 4.34 Å². The number of nitrogens with zero attached hydrogens (tertiary/aromatic N) is 2. The van der Waals surface area contributed by atoms with Gasteiger partial charge in [0.05, 0.1) is 16.1 Å². The predicted molar refractivity (Wildman–Crippen MR) is 94.4 cm³/mol. The maximum Gasteiger partial charge on any atom is 0.250 e. The first-order valence-corrected chi connectivity index (χ1v) is 10.3. The second kappa shape index (κ2) is 7.79. The highest BCUT2D eigenvalue weighted by Crippen LogP contribution is 2.29. The third-order valence-electron chi connectivity index (χ3n) is 3.55. The van der Waals surface area contributed by atoms with E-state index < -0.39 is 10.0 Å². The van der Waals surface area contributed by atoms with E-state index in [9.17, 15) is 8.42 Å². The maximum atomic E-state index is 12.6. The molecule has 0 saturated heterocycles. The van der Waals surface area contributed by atoms with Crippen molar-refractivity contribution in [2.45, 2.75) is 50.4 Å². The van der Waals surface area contributed by atoms with Crippen molar-refractivity contribution in [3.8, 4) is 0 Å². The van der Waals surface area contributed by atoms with Gasteiger partial charge in [0.1, 0.15) is 4.21 Å². The molecule has 23 heavy (non-hydrogen) atoms. The van der Waals surface area contributed by atoms with Gasteiger partial charge in [0, 0.05) is 12.7 Å². The van der Waals surface area contributed by atoms with Crippen LogP contribution in [0.4, 0.5) is 0 Å². The van der Waals surface area contributed by atoms with E-state index in [1.165, 1.54) is 6.07 Å². The number of rotatable bonds is 8. The fraction of sp³-hybridized carbons (Fsp3) is 0.533. The van der Waals surface area contributed by atoms with Gasteiger partial charge in [0.15, 0.2) is 0 Å². The van der Waals surface area contributed by atoms with Gasteiger partial charge in [-0.3, -0.25) is 4.68 Å². The molecule has 2 heterocycles. The van der Waals surface area contributed by atoms with Crippen LogP contribution in [0.5, 0.6) is 0 Å². The SMILES string of the molecule is CCCCn1nccc1C(NS(=O)(=O)c1ccc(Cl)s1)C(C)C. The van der Waals surface area contributed by atoms with Crippen LogP contribution < -0.4 is 4.72 Å². The number of nitrogens with one attached hydrogen (secondary N) is 1. The van der Waals surface area contributed by atoms with E-state index >= 15 is 0 Å². The molecule has 0 aliphatic heterocycles. The van der Waals surface area contributed by atoms with Crippen molar-refractivity contribution < 1.29 is 8.42 Å². The number of hydrogen-bond acceptors (Lipinski definition) is 4. The summed E-state index contributed by atoms with van der Waals surface area (Å²) < 4.78 is 30.6. The normalized spacial score (nSPS) is 13.6. The molecule has 1 unspecified atom stereocenters. The zero-order chi connectivity index (χ0) is 17.0. The minimum atomic E-state index is -3.60. The average Bonchev–Trinajstić information content (AvgIpc) is 3.11. The Morgan fingerprint density at radius 1 is 1.35 bits per heavy atom. The second-order valence-corrected chi connectivity index (χ2v) is 9.39. The molecule has 1 N–H and O–H groups in total. The Labute approximate surface area is 146 Å². The van der Waals surface area contributed by atoms with Gasteiger partial charge in [-0.25, -0.2) is 13.1 Å². The molecule has 0 aromatic carbocycles. The first kappa shape index (κ1) is 18.4. The van der Waals surface area contributed by atoms with Gasteiger partial charge in [0.2, 0.25) is 0 Å². The Kier molecular flexibility index (Phi) is 6.25. The number of aromatic nitrogens is 2. The largest absolute Gasteiger partial charge is 0.268 e. The molecule has 5 nitrogen and oxygen atoms in total. The minimum Gasteiger partial charge on any atom is -0.268 e. The second-order valence-electron chi connectivity index (χ2n) is 5.73. The molecule has 8 heteroatoms. The van der Waals surface area contributed by atoms with Crippen LogP contribution in [0.1, 0.15) is 45.3 Å². The molecule has 2 aromatic heterocycles. The molecular weight excluding hydrogens is 354 g/mol. The fourth-order valence-electron chi connectivity index (χ4n) is 2.31. The van der Waals surface area contributed by atoms with Gasteiger partial charge in [-0.15, -0.1) is 11.3 Å². The van der Waals surface area contributed by atoms with E-state index in [1.807, 2.05) is 24.6 Å². The molecule has 0 bridgehead atoms. The molecule has 0 amide bonds. The Bertz CT molecular complexity index is 737. The molecule has 0 aliphatic rings. The first-order valence-electron chi connectivity index (χ1n) is 7.64. The third-order valence-corrected chi connectivity index (χ3v) is 6.72. The molecule has 0 saturated carbocycles. The summed E-state index contributed by atoms with van der Waals surface area (Å²) >= 11 is 6.92. The summed E-state index contributed by atoms with van der Waals surface area (Å²) in [5.41, 5.74) is 0.889. The summed E-state index contributed by atoms with van der Waals surface area (Å²) in [6.07, 6.45) is 3.79. The van der Waals surface area contributed by atoms with Crippen molar-refractivity contribution in [3.05, 3.63) is 34.4 Å². The fourth-order valence-corrected chi connectivity index (χ4v) is 5.16. The van der Waals surface area contributed by atoms with E-state index in [0.717, 1.165) is 36.4 Å². The van der Waals surface area contributed by atoms with Crippen LogP contribution >= 0.6 is 22.9 Å². The molecule has 2 rings (SSSR count). The van der Waals surface area contributed by atoms with Gasteiger partial charge in [-0.05, 0) is 30.5 Å². The van der Waals surface area contributed by atoms with Crippen molar-refractivity contribution in [1.29, 1.82) is 0 Å². The van der Waals surface area contributed by atoms with Crippen molar-refractivity contribution >= 4 is 33.0 Å². The lowest BCUT2D eigenvalue weighted by molar-refractivity contribution is 0.421. The van der Waals surface area contributed by atoms with Crippen molar-refractivity contribution in [1.82, 2.24) is 14.5 Å². The van der Waals surface area contributed by atoms with Gasteiger partial charge >= 0.3 is 0 Å². The number of thiophene rings is 1. The highest BCUT2D eigenvalue weighted by atomic mass is 35.5. The number of halogens is 1. The summed E-state index contributed by atoms with van der Waals surface area (Å²) in [6, 6.07) is 4.67. The quantitative estimate of drug-likeness (QED) is 0.756. The monoisotopic (exact) mass is 375 g/mol. The Balaban J connectivity index is 2.28. The lowest BCUT2D eigenvalue weighted by atomic mass is 10.0. The Morgan fingerprint density at radius 3 is 2.65 bits per heavy atom. The summed E-state index contributed by atoms with van der Waals surface area (Å²) in [5.74, 6) is 0.0947. The molecule has 128 valence electrons. The van der Waals surface area contributed by atoms with Gasteiger partial charge in [-0.2, -0.15) is 5.10 Å². The standard InChI is InChI=1S/C15H22ClN3O2S2/c1-4-5-10-19-12(8-9-17-19)15(11(2)3)18-23(20,21)14-7-6-13(16)22-14/h6-9,11,15,18H,4-5,10H2,1-3H3. The van der Waals surface area contributed by atoms with Gasteiger partial charge in [0.25, 0.3) is 10.0 Å². The minimum absolute atomic E-state index is 0.0947. The van der Waals surface area contributed by atoms with E-state index in [4.69, 9.17) is 11.6 Å². The van der Waals surface area contributed by atoms with Gasteiger partial charge in [-0.1, -0.05) is 38.8 Å².